The molecule has 0 spiro atoms. The van der Waals surface area contributed by atoms with Crippen LogP contribution in [-0.2, 0) is 6.54 Å². The van der Waals surface area contributed by atoms with E-state index in [9.17, 15) is 4.39 Å². The van der Waals surface area contributed by atoms with Crippen molar-refractivity contribution in [1.82, 2.24) is 15.5 Å². The lowest BCUT2D eigenvalue weighted by atomic mass is 10.3. The van der Waals surface area contributed by atoms with E-state index in [2.05, 4.69) is 31.4 Å². The molecule has 1 heterocycles. The first-order valence-electron chi connectivity index (χ1n) is 4.79. The highest BCUT2D eigenvalue weighted by Crippen LogP contribution is 2.27. The van der Waals surface area contributed by atoms with Crippen molar-refractivity contribution in [2.75, 3.05) is 7.05 Å². The molecule has 2 aromatic rings. The van der Waals surface area contributed by atoms with Crippen molar-refractivity contribution in [3.05, 3.63) is 33.5 Å². The summed E-state index contributed by atoms with van der Waals surface area (Å²) in [5.74, 6) is 0.0281. The highest BCUT2D eigenvalue weighted by atomic mass is 79.9. The standard InChI is InChI=1S/C10H9BrFN3OS/c1-13-5-9-14-15-10(17-9)16-6-2-3-7(11)8(12)4-6/h2-4,13H,5H2,1H3. The minimum absolute atomic E-state index is 0.373. The Bertz CT molecular complexity index is 520. The predicted octanol–water partition coefficient (Wildman–Crippen LogP) is 2.95. The highest BCUT2D eigenvalue weighted by molar-refractivity contribution is 9.10. The van der Waals surface area contributed by atoms with Gasteiger partial charge in [-0.2, -0.15) is 0 Å². The molecule has 0 radical (unpaired) electrons. The zero-order valence-electron chi connectivity index (χ0n) is 8.91. The molecule has 0 amide bonds. The maximum atomic E-state index is 13.2. The van der Waals surface area contributed by atoms with Crippen molar-refractivity contribution >= 4 is 27.3 Å². The average Bonchev–Trinajstić information content (AvgIpc) is 2.72. The molecule has 0 saturated carbocycles. The normalized spacial score (nSPS) is 10.5. The van der Waals surface area contributed by atoms with Crippen LogP contribution in [0, 0.1) is 5.82 Å². The molecule has 90 valence electrons. The quantitative estimate of drug-likeness (QED) is 0.941. The molecule has 1 aromatic heterocycles. The Morgan fingerprint density at radius 1 is 1.47 bits per heavy atom. The van der Waals surface area contributed by atoms with Gasteiger partial charge >= 0.3 is 0 Å². The van der Waals surface area contributed by atoms with Crippen LogP contribution < -0.4 is 10.1 Å². The third-order valence-electron chi connectivity index (χ3n) is 1.87. The zero-order valence-corrected chi connectivity index (χ0v) is 11.3. The molecule has 0 aliphatic heterocycles. The van der Waals surface area contributed by atoms with Gasteiger partial charge in [0.1, 0.15) is 16.6 Å². The summed E-state index contributed by atoms with van der Waals surface area (Å²) in [5, 5.41) is 12.0. The second-order valence-electron chi connectivity index (χ2n) is 3.17. The minimum atomic E-state index is -0.373. The molecule has 2 rings (SSSR count). The molecule has 1 N–H and O–H groups in total. The van der Waals surface area contributed by atoms with Crippen LogP contribution in [0.1, 0.15) is 5.01 Å². The first-order chi connectivity index (χ1) is 8.19. The Hall–Kier alpha value is -1.05. The Labute approximate surface area is 110 Å². The van der Waals surface area contributed by atoms with E-state index in [4.69, 9.17) is 4.74 Å². The summed E-state index contributed by atoms with van der Waals surface area (Å²) in [7, 11) is 1.83. The van der Waals surface area contributed by atoms with E-state index in [1.54, 1.807) is 12.1 Å². The van der Waals surface area contributed by atoms with Crippen LogP contribution in [0.4, 0.5) is 4.39 Å². The van der Waals surface area contributed by atoms with Gasteiger partial charge < -0.3 is 10.1 Å². The third kappa shape index (κ3) is 3.21. The number of nitrogens with one attached hydrogen (secondary N) is 1. The topological polar surface area (TPSA) is 47.0 Å². The van der Waals surface area contributed by atoms with Crippen LogP contribution in [0.5, 0.6) is 10.9 Å². The minimum Gasteiger partial charge on any atom is -0.430 e. The number of halogens is 2. The molecular formula is C10H9BrFN3OS. The molecule has 4 nitrogen and oxygen atoms in total. The molecular weight excluding hydrogens is 309 g/mol. The van der Waals surface area contributed by atoms with Gasteiger partial charge in [0.2, 0.25) is 0 Å². The molecule has 0 atom stereocenters. The molecule has 7 heteroatoms. The van der Waals surface area contributed by atoms with E-state index >= 15 is 0 Å². The van der Waals surface area contributed by atoms with Gasteiger partial charge in [-0.25, -0.2) is 4.39 Å². The fourth-order valence-electron chi connectivity index (χ4n) is 1.14. The lowest BCUT2D eigenvalue weighted by Gasteiger charge is -2.01. The largest absolute Gasteiger partial charge is 0.430 e. The summed E-state index contributed by atoms with van der Waals surface area (Å²) in [6, 6.07) is 4.54. The van der Waals surface area contributed by atoms with E-state index in [1.807, 2.05) is 7.05 Å². The number of hydrogen-bond acceptors (Lipinski definition) is 5. The smallest absolute Gasteiger partial charge is 0.299 e. The SMILES string of the molecule is CNCc1nnc(Oc2ccc(Br)c(F)c2)s1. The van der Waals surface area contributed by atoms with Crippen LogP contribution >= 0.6 is 27.3 Å². The molecule has 0 aliphatic carbocycles. The molecule has 17 heavy (non-hydrogen) atoms. The summed E-state index contributed by atoms with van der Waals surface area (Å²) in [6.45, 7) is 0.635. The number of nitrogens with zero attached hydrogens (tertiary/aromatic N) is 2. The van der Waals surface area contributed by atoms with Crippen LogP contribution in [0.2, 0.25) is 0 Å². The van der Waals surface area contributed by atoms with Crippen LogP contribution in [0.25, 0.3) is 0 Å². The van der Waals surface area contributed by atoms with Gasteiger partial charge in [0.05, 0.1) is 4.47 Å². The summed E-state index contributed by atoms with van der Waals surface area (Å²) in [6.07, 6.45) is 0. The number of hydrogen-bond donors (Lipinski definition) is 1. The third-order valence-corrected chi connectivity index (χ3v) is 3.32. The summed E-state index contributed by atoms with van der Waals surface area (Å²) < 4.78 is 19.0. The fraction of sp³-hybridized carbons (Fsp3) is 0.200. The van der Waals surface area contributed by atoms with E-state index in [0.717, 1.165) is 5.01 Å². The highest BCUT2D eigenvalue weighted by Gasteiger charge is 2.07. The van der Waals surface area contributed by atoms with Gasteiger partial charge in [0, 0.05) is 12.6 Å². The Kier molecular flexibility index (Phi) is 4.03. The zero-order chi connectivity index (χ0) is 12.3. The lowest BCUT2D eigenvalue weighted by Crippen LogP contribution is -2.04. The van der Waals surface area contributed by atoms with Gasteiger partial charge in [-0.3, -0.25) is 0 Å². The lowest BCUT2D eigenvalue weighted by molar-refractivity contribution is 0.467. The molecule has 0 unspecified atom stereocenters. The van der Waals surface area contributed by atoms with Gasteiger partial charge in [-0.1, -0.05) is 16.4 Å². The van der Waals surface area contributed by atoms with Crippen molar-refractivity contribution in [2.24, 2.45) is 0 Å². The van der Waals surface area contributed by atoms with Gasteiger partial charge in [0.25, 0.3) is 5.19 Å². The van der Waals surface area contributed by atoms with Crippen molar-refractivity contribution in [3.63, 3.8) is 0 Å². The molecule has 0 saturated heterocycles. The number of benzene rings is 1. The fourth-order valence-corrected chi connectivity index (χ4v) is 2.11. The van der Waals surface area contributed by atoms with Crippen LogP contribution in [0.15, 0.2) is 22.7 Å². The summed E-state index contributed by atoms with van der Waals surface area (Å²) in [4.78, 5) is 0. The number of rotatable bonds is 4. The Morgan fingerprint density at radius 3 is 3.00 bits per heavy atom. The first-order valence-corrected chi connectivity index (χ1v) is 6.40. The van der Waals surface area contributed by atoms with Crippen molar-refractivity contribution < 1.29 is 9.13 Å². The molecule has 0 fully saturated rings. The second kappa shape index (κ2) is 5.52. The number of aromatic nitrogens is 2. The number of ether oxygens (including phenoxy) is 1. The van der Waals surface area contributed by atoms with Gasteiger partial charge in [0.15, 0.2) is 0 Å². The van der Waals surface area contributed by atoms with E-state index < -0.39 is 0 Å². The van der Waals surface area contributed by atoms with Crippen molar-refractivity contribution in [3.8, 4) is 10.9 Å². The van der Waals surface area contributed by atoms with Crippen LogP contribution in [-0.4, -0.2) is 17.2 Å². The first kappa shape index (κ1) is 12.4. The molecule has 1 aromatic carbocycles. The monoisotopic (exact) mass is 317 g/mol. The predicted molar refractivity (Wildman–Crippen MR) is 66.8 cm³/mol. The van der Waals surface area contributed by atoms with E-state index in [-0.39, 0.29) is 5.82 Å². The van der Waals surface area contributed by atoms with Crippen molar-refractivity contribution in [1.29, 1.82) is 0 Å². The Balaban J connectivity index is 2.11. The maximum absolute atomic E-state index is 13.2. The average molecular weight is 318 g/mol. The summed E-state index contributed by atoms with van der Waals surface area (Å²) in [5.41, 5.74) is 0. The van der Waals surface area contributed by atoms with Crippen LogP contribution in [0.3, 0.4) is 0 Å². The van der Waals surface area contributed by atoms with Gasteiger partial charge in [-0.15, -0.1) is 5.10 Å². The van der Waals surface area contributed by atoms with E-state index in [0.29, 0.717) is 22.0 Å². The van der Waals surface area contributed by atoms with E-state index in [1.165, 1.54) is 17.4 Å². The summed E-state index contributed by atoms with van der Waals surface area (Å²) >= 11 is 4.40. The van der Waals surface area contributed by atoms with Gasteiger partial charge in [-0.05, 0) is 35.1 Å². The second-order valence-corrected chi connectivity index (χ2v) is 5.05. The van der Waals surface area contributed by atoms with Crippen molar-refractivity contribution in [2.45, 2.75) is 6.54 Å². The molecule has 0 bridgehead atoms. The Morgan fingerprint density at radius 2 is 2.29 bits per heavy atom. The molecule has 0 aliphatic rings. The maximum Gasteiger partial charge on any atom is 0.299 e.